The maximum absolute atomic E-state index is 13.1. The fourth-order valence-corrected chi connectivity index (χ4v) is 1.28. The predicted molar refractivity (Wildman–Crippen MR) is 45.4 cm³/mol. The van der Waals surface area contributed by atoms with Gasteiger partial charge >= 0.3 is 0 Å². The van der Waals surface area contributed by atoms with Crippen molar-refractivity contribution in [1.29, 1.82) is 0 Å². The van der Waals surface area contributed by atoms with Crippen molar-refractivity contribution >= 4 is 22.2 Å². The van der Waals surface area contributed by atoms with Crippen molar-refractivity contribution in [3.63, 3.8) is 0 Å². The fraction of sp³-hybridized carbons (Fsp3) is 0.125. The van der Waals surface area contributed by atoms with Gasteiger partial charge in [-0.15, -0.1) is 0 Å². The van der Waals surface area contributed by atoms with Crippen molar-refractivity contribution in [2.75, 3.05) is 7.11 Å². The molecule has 1 radical (unpaired) electrons. The van der Waals surface area contributed by atoms with Gasteiger partial charge < -0.3 is 4.74 Å². The van der Waals surface area contributed by atoms with Crippen LogP contribution in [0.2, 0.25) is 0 Å². The highest BCUT2D eigenvalue weighted by molar-refractivity contribution is 9.10. The topological polar surface area (TPSA) is 26.3 Å². The molecule has 2 nitrogen and oxygen atoms in total. The van der Waals surface area contributed by atoms with Crippen LogP contribution in [0.4, 0.5) is 4.39 Å². The number of carbonyl (C=O) groups excluding carboxylic acids is 1. The molecule has 1 rings (SSSR count). The monoisotopic (exact) mass is 231 g/mol. The van der Waals surface area contributed by atoms with Gasteiger partial charge in [0, 0.05) is 0 Å². The molecule has 0 saturated heterocycles. The number of benzene rings is 1. The van der Waals surface area contributed by atoms with Crippen LogP contribution in [0.1, 0.15) is 5.56 Å². The van der Waals surface area contributed by atoms with E-state index in [1.54, 1.807) is 0 Å². The second kappa shape index (κ2) is 3.67. The van der Waals surface area contributed by atoms with Gasteiger partial charge in [-0.1, -0.05) is 0 Å². The van der Waals surface area contributed by atoms with E-state index in [1.807, 2.05) is 0 Å². The Morgan fingerprint density at radius 2 is 2.25 bits per heavy atom. The molecule has 0 saturated carbocycles. The number of hydrogen-bond donors (Lipinski definition) is 0. The third-order valence-corrected chi connectivity index (χ3v) is 2.12. The summed E-state index contributed by atoms with van der Waals surface area (Å²) in [5, 5.41) is 0. The lowest BCUT2D eigenvalue weighted by atomic mass is 10.2. The Balaban J connectivity index is 3.29. The second-order valence-corrected chi connectivity index (χ2v) is 2.84. The Morgan fingerprint density at radius 1 is 1.58 bits per heavy atom. The van der Waals surface area contributed by atoms with Crippen LogP contribution in [0.25, 0.3) is 0 Å². The Morgan fingerprint density at radius 3 is 2.75 bits per heavy atom. The van der Waals surface area contributed by atoms with E-state index in [1.165, 1.54) is 25.5 Å². The van der Waals surface area contributed by atoms with Gasteiger partial charge in [0.05, 0.1) is 17.1 Å². The Bertz CT molecular complexity index is 312. The number of rotatable bonds is 2. The second-order valence-electron chi connectivity index (χ2n) is 2.05. The minimum Gasteiger partial charge on any atom is -0.495 e. The summed E-state index contributed by atoms with van der Waals surface area (Å²) in [5.74, 6) is -0.296. The van der Waals surface area contributed by atoms with Crippen LogP contribution in [0.15, 0.2) is 16.6 Å². The number of halogens is 2. The lowest BCUT2D eigenvalue weighted by Crippen LogP contribution is -1.92. The molecule has 0 fully saturated rings. The van der Waals surface area contributed by atoms with E-state index in [0.717, 1.165) is 0 Å². The van der Waals surface area contributed by atoms with E-state index in [4.69, 9.17) is 4.74 Å². The van der Waals surface area contributed by atoms with E-state index >= 15 is 0 Å². The first-order chi connectivity index (χ1) is 5.70. The standard InChI is InChI=1S/C8H5BrFO2/c1-12-6-3-2-5(4-11)8(10)7(6)9/h2-3H,1H3. The summed E-state index contributed by atoms with van der Waals surface area (Å²) in [5.41, 5.74) is -0.109. The van der Waals surface area contributed by atoms with Crippen LogP contribution in [0.3, 0.4) is 0 Å². The number of methoxy groups -OCH3 is 1. The molecule has 0 aliphatic carbocycles. The molecule has 0 N–H and O–H groups in total. The molecule has 63 valence electrons. The summed E-state index contributed by atoms with van der Waals surface area (Å²) in [4.78, 5) is 10.2. The summed E-state index contributed by atoms with van der Waals surface area (Å²) in [6.07, 6.45) is 1.48. The maximum atomic E-state index is 13.1. The largest absolute Gasteiger partial charge is 0.495 e. The zero-order valence-electron chi connectivity index (χ0n) is 6.23. The average Bonchev–Trinajstić information content (AvgIpc) is 2.10. The first kappa shape index (κ1) is 9.19. The molecule has 0 aromatic heterocycles. The van der Waals surface area contributed by atoms with Crippen LogP contribution in [-0.4, -0.2) is 13.4 Å². The molecule has 0 spiro atoms. The van der Waals surface area contributed by atoms with Crippen molar-refractivity contribution in [2.24, 2.45) is 0 Å². The van der Waals surface area contributed by atoms with E-state index in [-0.39, 0.29) is 10.0 Å². The van der Waals surface area contributed by atoms with E-state index in [0.29, 0.717) is 5.75 Å². The Kier molecular flexibility index (Phi) is 2.81. The fourth-order valence-electron chi connectivity index (χ4n) is 0.768. The summed E-state index contributed by atoms with van der Waals surface area (Å²) >= 11 is 2.95. The molecule has 0 aliphatic heterocycles. The first-order valence-electron chi connectivity index (χ1n) is 3.11. The molecule has 1 aromatic rings. The molecule has 0 heterocycles. The van der Waals surface area contributed by atoms with Gasteiger partial charge in [-0.2, -0.15) is 0 Å². The Labute approximate surface area is 77.5 Å². The normalized spacial score (nSPS) is 9.58. The summed E-state index contributed by atoms with van der Waals surface area (Å²) in [6.45, 7) is 0. The van der Waals surface area contributed by atoms with Crippen LogP contribution in [-0.2, 0) is 4.79 Å². The zero-order valence-corrected chi connectivity index (χ0v) is 7.81. The third kappa shape index (κ3) is 1.48. The lowest BCUT2D eigenvalue weighted by Gasteiger charge is -2.03. The van der Waals surface area contributed by atoms with Crippen molar-refractivity contribution in [2.45, 2.75) is 0 Å². The van der Waals surface area contributed by atoms with Crippen molar-refractivity contribution in [1.82, 2.24) is 0 Å². The summed E-state index contributed by atoms with van der Waals surface area (Å²) < 4.78 is 18.0. The lowest BCUT2D eigenvalue weighted by molar-refractivity contribution is 0.407. The molecular weight excluding hydrogens is 227 g/mol. The van der Waals surface area contributed by atoms with Gasteiger partial charge in [0.1, 0.15) is 5.75 Å². The van der Waals surface area contributed by atoms with Gasteiger partial charge in [-0.05, 0) is 28.1 Å². The quantitative estimate of drug-likeness (QED) is 0.779. The average molecular weight is 232 g/mol. The van der Waals surface area contributed by atoms with Crippen molar-refractivity contribution < 1.29 is 13.9 Å². The molecule has 1 aromatic carbocycles. The van der Waals surface area contributed by atoms with E-state index in [9.17, 15) is 9.18 Å². The first-order valence-corrected chi connectivity index (χ1v) is 3.90. The van der Waals surface area contributed by atoms with Crippen molar-refractivity contribution in [3.8, 4) is 5.75 Å². The van der Waals surface area contributed by atoms with Gasteiger partial charge in [0.2, 0.25) is 6.29 Å². The minimum absolute atomic E-state index is 0.109. The number of ether oxygens (including phenoxy) is 1. The van der Waals surface area contributed by atoms with Gasteiger partial charge in [-0.25, -0.2) is 4.39 Å². The molecule has 0 amide bonds. The Hall–Kier alpha value is -0.900. The molecule has 0 atom stereocenters. The predicted octanol–water partition coefficient (Wildman–Crippen LogP) is 2.05. The van der Waals surface area contributed by atoms with Crippen LogP contribution in [0.5, 0.6) is 5.75 Å². The smallest absolute Gasteiger partial charge is 0.236 e. The highest BCUT2D eigenvalue weighted by Crippen LogP contribution is 2.28. The highest BCUT2D eigenvalue weighted by atomic mass is 79.9. The van der Waals surface area contributed by atoms with Crippen LogP contribution >= 0.6 is 15.9 Å². The molecule has 0 bridgehead atoms. The summed E-state index contributed by atoms with van der Waals surface area (Å²) in [6, 6.07) is 2.80. The highest BCUT2D eigenvalue weighted by Gasteiger charge is 2.10. The molecule has 4 heteroatoms. The summed E-state index contributed by atoms with van der Waals surface area (Å²) in [7, 11) is 1.42. The molecule has 0 aliphatic rings. The van der Waals surface area contributed by atoms with E-state index < -0.39 is 5.82 Å². The van der Waals surface area contributed by atoms with Gasteiger partial charge in [0.15, 0.2) is 5.82 Å². The van der Waals surface area contributed by atoms with E-state index in [2.05, 4.69) is 15.9 Å². The third-order valence-electron chi connectivity index (χ3n) is 1.38. The van der Waals surface area contributed by atoms with Crippen molar-refractivity contribution in [3.05, 3.63) is 28.0 Å². The van der Waals surface area contributed by atoms with Gasteiger partial charge in [0.25, 0.3) is 0 Å². The SMILES string of the molecule is COc1ccc([C]=O)c(F)c1Br. The molecule has 12 heavy (non-hydrogen) atoms. The van der Waals surface area contributed by atoms with Crippen LogP contribution in [0, 0.1) is 5.82 Å². The maximum Gasteiger partial charge on any atom is 0.236 e. The van der Waals surface area contributed by atoms with Crippen LogP contribution < -0.4 is 4.74 Å². The zero-order chi connectivity index (χ0) is 9.14. The minimum atomic E-state index is -0.649. The van der Waals surface area contributed by atoms with Gasteiger partial charge in [-0.3, -0.25) is 4.79 Å². The number of hydrogen-bond acceptors (Lipinski definition) is 2. The molecular formula is C8H5BrFO2. The molecule has 0 unspecified atom stereocenters.